The van der Waals surface area contributed by atoms with Crippen LogP contribution in [-0.4, -0.2) is 39.5 Å². The van der Waals surface area contributed by atoms with Gasteiger partial charge in [-0.2, -0.15) is 0 Å². The van der Waals surface area contributed by atoms with E-state index in [0.717, 1.165) is 65.7 Å². The third-order valence-electron chi connectivity index (χ3n) is 5.56. The molecule has 5 heteroatoms. The fourth-order valence-corrected chi connectivity index (χ4v) is 4.45. The van der Waals surface area contributed by atoms with Gasteiger partial charge in [-0.1, -0.05) is 44.5 Å². The topological polar surface area (TPSA) is 41.9 Å². The first-order valence-electron chi connectivity index (χ1n) is 10.6. The van der Waals surface area contributed by atoms with E-state index in [9.17, 15) is 0 Å². The van der Waals surface area contributed by atoms with E-state index in [-0.39, 0.29) is 0 Å². The normalized spacial score (nSPS) is 16.0. The lowest BCUT2D eigenvalue weighted by Gasteiger charge is -2.36. The van der Waals surface area contributed by atoms with Crippen LogP contribution in [-0.2, 0) is 0 Å². The minimum atomic E-state index is 0.322. The minimum absolute atomic E-state index is 0.322. The first-order valence-corrected chi connectivity index (χ1v) is 11.0. The molecule has 0 amide bonds. The Morgan fingerprint density at radius 2 is 1.77 bits per heavy atom. The summed E-state index contributed by atoms with van der Waals surface area (Å²) >= 11 is 6.29. The van der Waals surface area contributed by atoms with Gasteiger partial charge >= 0.3 is 0 Å². The first-order chi connectivity index (χ1) is 14.4. The van der Waals surface area contributed by atoms with Gasteiger partial charge in [0.05, 0.1) is 5.69 Å². The number of nitrogens with zero attached hydrogens (tertiary/aromatic N) is 4. The van der Waals surface area contributed by atoms with Gasteiger partial charge in [-0.05, 0) is 61.2 Å². The second kappa shape index (κ2) is 8.83. The van der Waals surface area contributed by atoms with Crippen LogP contribution < -0.4 is 0 Å². The molecule has 0 saturated carbocycles. The molecule has 0 atom stereocenters. The van der Waals surface area contributed by atoms with Gasteiger partial charge in [0.15, 0.2) is 5.82 Å². The summed E-state index contributed by atoms with van der Waals surface area (Å²) in [4.78, 5) is 16.5. The summed E-state index contributed by atoms with van der Waals surface area (Å²) in [5, 5.41) is 0.733. The number of hydrogen-bond donors (Lipinski definition) is 0. The molecular formula is C25H29ClN4. The van der Waals surface area contributed by atoms with Crippen LogP contribution in [0.15, 0.2) is 55.0 Å². The second-order valence-electron chi connectivity index (χ2n) is 9.35. The van der Waals surface area contributed by atoms with Crippen molar-refractivity contribution in [2.45, 2.75) is 39.5 Å². The van der Waals surface area contributed by atoms with E-state index in [1.807, 2.05) is 36.5 Å². The van der Waals surface area contributed by atoms with Gasteiger partial charge in [-0.3, -0.25) is 4.98 Å². The van der Waals surface area contributed by atoms with Crippen LogP contribution in [0.1, 0.15) is 45.2 Å². The Morgan fingerprint density at radius 3 is 2.43 bits per heavy atom. The molecule has 156 valence electrons. The number of hydrogen-bond acceptors (Lipinski definition) is 4. The lowest BCUT2D eigenvalue weighted by molar-refractivity contribution is 0.153. The van der Waals surface area contributed by atoms with Crippen molar-refractivity contribution in [2.75, 3.05) is 19.6 Å². The Hall–Kier alpha value is -2.30. The SMILES string of the molecule is CC(C)(C)CN1CCC(c2nc(-c3ccncc3)ncc2-c2cccc(Cl)c2)CC1. The highest BCUT2D eigenvalue weighted by Gasteiger charge is 2.27. The number of aromatic nitrogens is 3. The number of piperidine rings is 1. The molecule has 0 bridgehead atoms. The average Bonchev–Trinajstić information content (AvgIpc) is 2.73. The standard InChI is InChI=1S/C25H29ClN4/c1-25(2,3)17-30-13-9-18(10-14-30)23-22(20-5-4-6-21(26)15-20)16-28-24(29-23)19-7-11-27-12-8-19/h4-8,11-12,15-16,18H,9-10,13-14,17H2,1-3H3. The molecule has 2 aromatic heterocycles. The third-order valence-corrected chi connectivity index (χ3v) is 5.80. The van der Waals surface area contributed by atoms with Crippen LogP contribution >= 0.6 is 11.6 Å². The lowest BCUT2D eigenvalue weighted by atomic mass is 9.87. The molecule has 4 rings (SSSR count). The van der Waals surface area contributed by atoms with E-state index in [0.29, 0.717) is 11.3 Å². The molecule has 0 spiro atoms. The summed E-state index contributed by atoms with van der Waals surface area (Å²) in [6.07, 6.45) is 7.75. The molecule has 1 aliphatic rings. The predicted molar refractivity (Wildman–Crippen MR) is 124 cm³/mol. The predicted octanol–water partition coefficient (Wildman–Crippen LogP) is 6.08. The molecule has 0 unspecified atom stereocenters. The van der Waals surface area contributed by atoms with Gasteiger partial charge < -0.3 is 4.90 Å². The molecule has 3 heterocycles. The van der Waals surface area contributed by atoms with Crippen LogP contribution in [0.3, 0.4) is 0 Å². The molecule has 1 aromatic carbocycles. The van der Waals surface area contributed by atoms with Crippen molar-refractivity contribution in [3.63, 3.8) is 0 Å². The zero-order chi connectivity index (χ0) is 21.1. The van der Waals surface area contributed by atoms with Crippen LogP contribution in [0.4, 0.5) is 0 Å². The van der Waals surface area contributed by atoms with E-state index in [2.05, 4.69) is 41.7 Å². The fraction of sp³-hybridized carbons (Fsp3) is 0.400. The largest absolute Gasteiger partial charge is 0.303 e. The maximum atomic E-state index is 6.29. The third kappa shape index (κ3) is 5.05. The molecule has 0 N–H and O–H groups in total. The van der Waals surface area contributed by atoms with Crippen molar-refractivity contribution in [2.24, 2.45) is 5.41 Å². The maximum absolute atomic E-state index is 6.29. The van der Waals surface area contributed by atoms with Gasteiger partial charge in [-0.15, -0.1) is 0 Å². The van der Waals surface area contributed by atoms with E-state index in [1.165, 1.54) is 0 Å². The quantitative estimate of drug-likeness (QED) is 0.512. The van der Waals surface area contributed by atoms with E-state index in [4.69, 9.17) is 16.6 Å². The van der Waals surface area contributed by atoms with Crippen molar-refractivity contribution >= 4 is 11.6 Å². The summed E-state index contributed by atoms with van der Waals surface area (Å²) in [5.74, 6) is 1.18. The van der Waals surface area contributed by atoms with Crippen molar-refractivity contribution in [1.82, 2.24) is 19.9 Å². The highest BCUT2D eigenvalue weighted by molar-refractivity contribution is 6.30. The highest BCUT2D eigenvalue weighted by Crippen LogP contribution is 2.36. The summed E-state index contributed by atoms with van der Waals surface area (Å²) in [6, 6.07) is 11.9. The number of likely N-dealkylation sites (tertiary alicyclic amines) is 1. The number of halogens is 1. The van der Waals surface area contributed by atoms with E-state index < -0.39 is 0 Å². The zero-order valence-corrected chi connectivity index (χ0v) is 18.7. The maximum Gasteiger partial charge on any atom is 0.159 e. The van der Waals surface area contributed by atoms with Crippen molar-refractivity contribution in [3.05, 3.63) is 65.7 Å². The van der Waals surface area contributed by atoms with Crippen LogP contribution in [0.2, 0.25) is 5.02 Å². The summed E-state index contributed by atoms with van der Waals surface area (Å²) in [5.41, 5.74) is 4.62. The van der Waals surface area contributed by atoms with Gasteiger partial charge in [0.25, 0.3) is 0 Å². The number of rotatable bonds is 4. The van der Waals surface area contributed by atoms with Crippen molar-refractivity contribution in [1.29, 1.82) is 0 Å². The molecular weight excluding hydrogens is 392 g/mol. The van der Waals surface area contributed by atoms with E-state index >= 15 is 0 Å². The van der Waals surface area contributed by atoms with Crippen molar-refractivity contribution < 1.29 is 0 Å². The second-order valence-corrected chi connectivity index (χ2v) is 9.79. The molecule has 1 saturated heterocycles. The van der Waals surface area contributed by atoms with E-state index in [1.54, 1.807) is 12.4 Å². The Bertz CT molecular complexity index is 990. The number of pyridine rings is 1. The number of benzene rings is 1. The average molecular weight is 421 g/mol. The molecule has 1 fully saturated rings. The monoisotopic (exact) mass is 420 g/mol. The van der Waals surface area contributed by atoms with Gasteiger partial charge in [0.2, 0.25) is 0 Å². The Labute approximate surface area is 184 Å². The summed E-state index contributed by atoms with van der Waals surface area (Å²) in [6.45, 7) is 10.3. The minimum Gasteiger partial charge on any atom is -0.303 e. The molecule has 0 aliphatic carbocycles. The smallest absolute Gasteiger partial charge is 0.159 e. The van der Waals surface area contributed by atoms with Crippen LogP contribution in [0.5, 0.6) is 0 Å². The van der Waals surface area contributed by atoms with Gasteiger partial charge in [-0.25, -0.2) is 9.97 Å². The van der Waals surface area contributed by atoms with Crippen LogP contribution in [0.25, 0.3) is 22.5 Å². The molecule has 1 aliphatic heterocycles. The first kappa shape index (κ1) is 21.0. The lowest BCUT2D eigenvalue weighted by Crippen LogP contribution is -2.38. The van der Waals surface area contributed by atoms with Crippen molar-refractivity contribution in [3.8, 4) is 22.5 Å². The van der Waals surface area contributed by atoms with Gasteiger partial charge in [0.1, 0.15) is 0 Å². The Morgan fingerprint density at radius 1 is 1.03 bits per heavy atom. The molecule has 0 radical (unpaired) electrons. The summed E-state index contributed by atoms with van der Waals surface area (Å²) in [7, 11) is 0. The Balaban J connectivity index is 1.67. The van der Waals surface area contributed by atoms with Crippen LogP contribution in [0, 0.1) is 5.41 Å². The highest BCUT2D eigenvalue weighted by atomic mass is 35.5. The van der Waals surface area contributed by atoms with Gasteiger partial charge in [0, 0.05) is 47.2 Å². The zero-order valence-electron chi connectivity index (χ0n) is 18.0. The fourth-order valence-electron chi connectivity index (χ4n) is 4.26. The Kier molecular flexibility index (Phi) is 6.16. The molecule has 3 aromatic rings. The molecule has 30 heavy (non-hydrogen) atoms. The molecule has 4 nitrogen and oxygen atoms in total. The summed E-state index contributed by atoms with van der Waals surface area (Å²) < 4.78 is 0.